The Morgan fingerprint density at radius 2 is 0.829 bits per heavy atom. The van der Waals surface area contributed by atoms with E-state index in [1.54, 1.807) is 0 Å². The predicted molar refractivity (Wildman–Crippen MR) is 169 cm³/mol. The minimum Gasteiger partial charge on any atom is -0.374 e. The molecular weight excluding hydrogens is 504 g/mol. The number of ether oxygens (including phenoxy) is 1. The van der Waals surface area contributed by atoms with Gasteiger partial charge in [-0.25, -0.2) is 0 Å². The van der Waals surface area contributed by atoms with Crippen molar-refractivity contribution in [2.45, 2.75) is 169 Å². The lowest BCUT2D eigenvalue weighted by atomic mass is 9.61. The molecule has 3 heteroatoms. The van der Waals surface area contributed by atoms with Crippen LogP contribution in [0, 0.1) is 58.2 Å². The molecule has 6 atom stereocenters. The van der Waals surface area contributed by atoms with E-state index in [-0.39, 0.29) is 11.8 Å². The first-order chi connectivity index (χ1) is 19.7. The highest BCUT2D eigenvalue weighted by molar-refractivity contribution is 5.84. The Labute approximate surface area is 253 Å². The molecule has 5 fully saturated rings. The summed E-state index contributed by atoms with van der Waals surface area (Å²) in [5, 5.41) is 0. The lowest BCUT2D eigenvalue weighted by molar-refractivity contribution is -0.132. The zero-order valence-electron chi connectivity index (χ0n) is 27.7. The van der Waals surface area contributed by atoms with Crippen LogP contribution < -0.4 is 0 Å². The molecule has 6 unspecified atom stereocenters. The normalized spacial score (nSPS) is 40.0. The molecule has 5 aliphatic rings. The molecule has 0 N–H and O–H groups in total. The summed E-state index contributed by atoms with van der Waals surface area (Å²) in [6.07, 6.45) is 21.3. The van der Waals surface area contributed by atoms with Gasteiger partial charge in [-0.05, 0) is 124 Å². The first-order valence-electron chi connectivity index (χ1n) is 18.4. The fraction of sp³-hybridized carbons (Fsp3) is 0.947. The van der Waals surface area contributed by atoms with Crippen molar-refractivity contribution >= 4 is 11.6 Å². The van der Waals surface area contributed by atoms with Gasteiger partial charge >= 0.3 is 0 Å². The Hall–Kier alpha value is -0.700. The summed E-state index contributed by atoms with van der Waals surface area (Å²) in [7, 11) is 0. The zero-order chi connectivity index (χ0) is 29.4. The molecule has 4 aliphatic carbocycles. The third-order valence-electron chi connectivity index (χ3n) is 14.8. The van der Waals surface area contributed by atoms with Gasteiger partial charge in [0.25, 0.3) is 0 Å². The van der Waals surface area contributed by atoms with Crippen molar-refractivity contribution in [3.63, 3.8) is 0 Å². The summed E-state index contributed by atoms with van der Waals surface area (Å²) >= 11 is 0. The predicted octanol–water partition coefficient (Wildman–Crippen LogP) is 9.99. The van der Waals surface area contributed by atoms with Gasteiger partial charge in [-0.1, -0.05) is 67.2 Å². The number of carbonyl (C=O) groups excluding carboxylic acids is 2. The van der Waals surface area contributed by atoms with Crippen LogP contribution in [-0.4, -0.2) is 23.8 Å². The fourth-order valence-corrected chi connectivity index (χ4v) is 10.8. The molecule has 234 valence electrons. The van der Waals surface area contributed by atoms with Gasteiger partial charge in [0.15, 0.2) is 0 Å². The highest BCUT2D eigenvalue weighted by Crippen LogP contribution is 2.53. The van der Waals surface area contributed by atoms with E-state index in [0.29, 0.717) is 58.3 Å². The van der Waals surface area contributed by atoms with E-state index >= 15 is 0 Å². The van der Waals surface area contributed by atoms with Crippen molar-refractivity contribution in [3.8, 4) is 0 Å². The quantitative estimate of drug-likeness (QED) is 0.263. The summed E-state index contributed by atoms with van der Waals surface area (Å²) in [4.78, 5) is 27.6. The SMILES string of the molecule is CCC(C)(CC)C1CCC(C(=O)C2CCC3OC4CCC(C(=O)C5CCC(C(C)(CC)CC)CC5)CC4C3C2)CC1. The number of fused-ring (bicyclic) bond motifs is 3. The fourth-order valence-electron chi connectivity index (χ4n) is 10.8. The van der Waals surface area contributed by atoms with Crippen molar-refractivity contribution in [1.82, 2.24) is 0 Å². The van der Waals surface area contributed by atoms with Gasteiger partial charge in [0.05, 0.1) is 12.2 Å². The molecule has 0 radical (unpaired) electrons. The molecule has 3 nitrogen and oxygen atoms in total. The number of Topliss-reactive ketones (excluding diaryl/α,β-unsaturated/α-hetero) is 2. The average molecular weight is 569 g/mol. The molecule has 5 rings (SSSR count). The van der Waals surface area contributed by atoms with Crippen LogP contribution in [0.25, 0.3) is 0 Å². The molecular formula is C38H64O3. The van der Waals surface area contributed by atoms with Crippen molar-refractivity contribution in [2.75, 3.05) is 0 Å². The van der Waals surface area contributed by atoms with Crippen molar-refractivity contribution < 1.29 is 14.3 Å². The molecule has 0 amide bonds. The van der Waals surface area contributed by atoms with E-state index in [9.17, 15) is 9.59 Å². The van der Waals surface area contributed by atoms with Crippen LogP contribution in [-0.2, 0) is 14.3 Å². The second kappa shape index (κ2) is 13.1. The van der Waals surface area contributed by atoms with Gasteiger partial charge in [0.1, 0.15) is 11.6 Å². The maximum Gasteiger partial charge on any atom is 0.139 e. The van der Waals surface area contributed by atoms with Gasteiger partial charge in [-0.3, -0.25) is 9.59 Å². The van der Waals surface area contributed by atoms with Crippen LogP contribution >= 0.6 is 0 Å². The maximum atomic E-state index is 13.8. The third-order valence-corrected chi connectivity index (χ3v) is 14.8. The number of hydrogen-bond acceptors (Lipinski definition) is 3. The molecule has 1 saturated heterocycles. The minimum absolute atomic E-state index is 0.238. The van der Waals surface area contributed by atoms with Gasteiger partial charge < -0.3 is 4.74 Å². The highest BCUT2D eigenvalue weighted by Gasteiger charge is 2.52. The molecule has 1 heterocycles. The number of hydrogen-bond donors (Lipinski definition) is 0. The number of carbonyl (C=O) groups is 2. The summed E-state index contributed by atoms with van der Waals surface area (Å²) in [6.45, 7) is 14.3. The van der Waals surface area contributed by atoms with E-state index in [1.165, 1.54) is 51.4 Å². The molecule has 41 heavy (non-hydrogen) atoms. The van der Waals surface area contributed by atoms with E-state index in [2.05, 4.69) is 41.5 Å². The van der Waals surface area contributed by atoms with Crippen molar-refractivity contribution in [2.24, 2.45) is 58.2 Å². The zero-order valence-corrected chi connectivity index (χ0v) is 27.7. The van der Waals surface area contributed by atoms with E-state index < -0.39 is 0 Å². The molecule has 4 saturated carbocycles. The molecule has 0 aromatic rings. The average Bonchev–Trinajstić information content (AvgIpc) is 3.40. The molecule has 1 aliphatic heterocycles. The topological polar surface area (TPSA) is 43.4 Å². The van der Waals surface area contributed by atoms with E-state index in [4.69, 9.17) is 4.74 Å². The molecule has 0 aromatic heterocycles. The Balaban J connectivity index is 1.14. The van der Waals surface area contributed by atoms with Crippen LogP contribution in [0.15, 0.2) is 0 Å². The Morgan fingerprint density at radius 1 is 0.512 bits per heavy atom. The van der Waals surface area contributed by atoms with Crippen LogP contribution in [0.4, 0.5) is 0 Å². The van der Waals surface area contributed by atoms with Gasteiger partial charge in [0, 0.05) is 23.7 Å². The van der Waals surface area contributed by atoms with Gasteiger partial charge in [-0.15, -0.1) is 0 Å². The summed E-state index contributed by atoms with van der Waals surface area (Å²) in [5.41, 5.74) is 0.893. The molecule has 0 bridgehead atoms. The summed E-state index contributed by atoms with van der Waals surface area (Å²) in [5.74, 6) is 4.82. The van der Waals surface area contributed by atoms with Gasteiger partial charge in [0.2, 0.25) is 0 Å². The molecule has 0 aromatic carbocycles. The first kappa shape index (κ1) is 31.7. The van der Waals surface area contributed by atoms with E-state index in [1.807, 2.05) is 0 Å². The molecule has 0 spiro atoms. The largest absolute Gasteiger partial charge is 0.374 e. The minimum atomic E-state index is 0.238. The highest BCUT2D eigenvalue weighted by atomic mass is 16.5. The second-order valence-electron chi connectivity index (χ2n) is 16.2. The second-order valence-corrected chi connectivity index (χ2v) is 16.2. The van der Waals surface area contributed by atoms with Crippen molar-refractivity contribution in [1.29, 1.82) is 0 Å². The number of ketones is 2. The smallest absolute Gasteiger partial charge is 0.139 e. The third kappa shape index (κ3) is 6.28. The van der Waals surface area contributed by atoms with Crippen LogP contribution in [0.2, 0.25) is 0 Å². The number of rotatable bonds is 10. The van der Waals surface area contributed by atoms with Crippen LogP contribution in [0.5, 0.6) is 0 Å². The Morgan fingerprint density at radius 3 is 1.15 bits per heavy atom. The summed E-state index contributed by atoms with van der Waals surface area (Å²) in [6, 6.07) is 0. The standard InChI is InChI=1S/C38H64O3/c1-7-37(5,8-2)29-17-11-25(12-18-29)35(39)27-15-21-33-31(23-27)32-24-28(16-22-34(32)41-33)36(40)26-13-19-30(20-14-26)38(6,9-3)10-4/h25-34H,7-24H2,1-6H3. The van der Waals surface area contributed by atoms with Gasteiger partial charge in [-0.2, -0.15) is 0 Å². The Bertz CT molecular complexity index is 811. The monoisotopic (exact) mass is 568 g/mol. The van der Waals surface area contributed by atoms with E-state index in [0.717, 1.165) is 76.0 Å². The first-order valence-corrected chi connectivity index (χ1v) is 18.4. The van der Waals surface area contributed by atoms with Crippen molar-refractivity contribution in [3.05, 3.63) is 0 Å². The van der Waals surface area contributed by atoms with Crippen LogP contribution in [0.1, 0.15) is 157 Å². The maximum absolute atomic E-state index is 13.8. The Kier molecular flexibility index (Phi) is 10.1. The van der Waals surface area contributed by atoms with Crippen LogP contribution in [0.3, 0.4) is 0 Å². The lowest BCUT2D eigenvalue weighted by Gasteiger charge is -2.42. The summed E-state index contributed by atoms with van der Waals surface area (Å²) < 4.78 is 6.65. The lowest BCUT2D eigenvalue weighted by Crippen LogP contribution is -2.40.